The molecule has 0 aliphatic heterocycles. The molecule has 0 fully saturated rings. The number of carbonyl (C=O) groups is 1. The molecule has 6 heteroatoms. The highest BCUT2D eigenvalue weighted by Crippen LogP contribution is 2.17. The summed E-state index contributed by atoms with van der Waals surface area (Å²) in [5.74, 6) is -0.519. The van der Waals surface area contributed by atoms with Crippen molar-refractivity contribution in [1.29, 1.82) is 0 Å². The predicted octanol–water partition coefficient (Wildman–Crippen LogP) is 4.46. The Morgan fingerprint density at radius 3 is 1.77 bits per heavy atom. The molecule has 0 unspecified atom stereocenters. The second kappa shape index (κ2) is 14.9. The number of benzene rings is 3. The first kappa shape index (κ1) is 26.3. The molecule has 0 aromatic heterocycles. The normalized spacial score (nSPS) is 13.9. The van der Waals surface area contributed by atoms with Crippen molar-refractivity contribution in [2.45, 2.75) is 38.1 Å². The van der Waals surface area contributed by atoms with Crippen LogP contribution in [0.4, 0.5) is 0 Å². The van der Waals surface area contributed by atoms with Crippen molar-refractivity contribution in [3.8, 4) is 0 Å². The van der Waals surface area contributed by atoms with Gasteiger partial charge in [-0.25, -0.2) is 4.79 Å². The number of methoxy groups -OCH3 is 1. The van der Waals surface area contributed by atoms with Crippen LogP contribution in [0.15, 0.2) is 103 Å². The molecule has 0 saturated carbocycles. The molecule has 0 bridgehead atoms. The standard InChI is InChI=1S/C29H32O6/c1-32-28(31)18-17-27(34-20-24-13-7-3-8-14-24)29(35-21-25-15-9-4-10-16-25)26(30)22-33-19-23-11-5-2-6-12-23/h2-18,26-27,29-30H,19-22H2,1H3/t26-,27+,29-/m1/s1. The molecule has 3 aromatic rings. The van der Waals surface area contributed by atoms with Crippen LogP contribution in [0.25, 0.3) is 0 Å². The lowest BCUT2D eigenvalue weighted by Crippen LogP contribution is -2.42. The molecule has 35 heavy (non-hydrogen) atoms. The van der Waals surface area contributed by atoms with Crippen LogP contribution in [0.3, 0.4) is 0 Å². The molecule has 0 heterocycles. The van der Waals surface area contributed by atoms with E-state index in [4.69, 9.17) is 18.9 Å². The molecule has 184 valence electrons. The summed E-state index contributed by atoms with van der Waals surface area (Å²) in [5, 5.41) is 11.1. The van der Waals surface area contributed by atoms with Crippen molar-refractivity contribution < 1.29 is 28.8 Å². The first-order valence-electron chi connectivity index (χ1n) is 11.5. The van der Waals surface area contributed by atoms with E-state index in [-0.39, 0.29) is 19.8 Å². The second-order valence-electron chi connectivity index (χ2n) is 7.97. The van der Waals surface area contributed by atoms with Crippen molar-refractivity contribution in [3.63, 3.8) is 0 Å². The van der Waals surface area contributed by atoms with Crippen LogP contribution in [0.5, 0.6) is 0 Å². The van der Waals surface area contributed by atoms with Crippen LogP contribution < -0.4 is 0 Å². The third kappa shape index (κ3) is 9.47. The predicted molar refractivity (Wildman–Crippen MR) is 133 cm³/mol. The van der Waals surface area contributed by atoms with Gasteiger partial charge in [0.15, 0.2) is 0 Å². The van der Waals surface area contributed by atoms with E-state index in [0.29, 0.717) is 6.61 Å². The fraction of sp³-hybridized carbons (Fsp3) is 0.276. The zero-order chi connectivity index (χ0) is 24.7. The minimum absolute atomic E-state index is 0.0333. The Balaban J connectivity index is 1.74. The average molecular weight is 477 g/mol. The number of rotatable bonds is 14. The molecule has 1 N–H and O–H groups in total. The number of hydrogen-bond donors (Lipinski definition) is 1. The Kier molecular flexibility index (Phi) is 11.2. The average Bonchev–Trinajstić information content (AvgIpc) is 2.91. The van der Waals surface area contributed by atoms with Crippen molar-refractivity contribution in [2.75, 3.05) is 13.7 Å². The van der Waals surface area contributed by atoms with E-state index in [2.05, 4.69) is 0 Å². The van der Waals surface area contributed by atoms with Crippen LogP contribution in [0, 0.1) is 0 Å². The van der Waals surface area contributed by atoms with Gasteiger partial charge < -0.3 is 24.1 Å². The summed E-state index contributed by atoms with van der Waals surface area (Å²) in [6.07, 6.45) is 0.311. The molecule has 0 aliphatic carbocycles. The molecule has 6 nitrogen and oxygen atoms in total. The SMILES string of the molecule is COC(=O)C=C[C@H](OCc1ccccc1)[C@H](OCc1ccccc1)[C@H](O)COCc1ccccc1. The lowest BCUT2D eigenvalue weighted by molar-refractivity contribution is -0.137. The molecule has 0 saturated heterocycles. The Morgan fingerprint density at radius 2 is 1.26 bits per heavy atom. The van der Waals surface area contributed by atoms with Gasteiger partial charge in [-0.2, -0.15) is 0 Å². The first-order chi connectivity index (χ1) is 17.2. The highest BCUT2D eigenvalue weighted by Gasteiger charge is 2.29. The van der Waals surface area contributed by atoms with Gasteiger partial charge in [0.1, 0.15) is 18.3 Å². The van der Waals surface area contributed by atoms with Gasteiger partial charge in [-0.05, 0) is 22.8 Å². The van der Waals surface area contributed by atoms with Gasteiger partial charge in [-0.1, -0.05) is 91.0 Å². The Labute approximate surface area is 206 Å². The Morgan fingerprint density at radius 1 is 0.771 bits per heavy atom. The molecule has 3 atom stereocenters. The highest BCUT2D eigenvalue weighted by molar-refractivity contribution is 5.81. The van der Waals surface area contributed by atoms with E-state index < -0.39 is 24.3 Å². The van der Waals surface area contributed by atoms with E-state index >= 15 is 0 Å². The summed E-state index contributed by atoms with van der Waals surface area (Å²) in [6, 6.07) is 29.1. The summed E-state index contributed by atoms with van der Waals surface area (Å²) >= 11 is 0. The fourth-order valence-electron chi connectivity index (χ4n) is 3.43. The van der Waals surface area contributed by atoms with Gasteiger partial charge in [0, 0.05) is 6.08 Å². The maximum absolute atomic E-state index is 11.8. The molecule has 0 amide bonds. The minimum Gasteiger partial charge on any atom is -0.466 e. The number of aliphatic hydroxyl groups excluding tert-OH is 1. The van der Waals surface area contributed by atoms with Gasteiger partial charge in [0.2, 0.25) is 0 Å². The summed E-state index contributed by atoms with van der Waals surface area (Å²) in [4.78, 5) is 11.8. The van der Waals surface area contributed by atoms with Crippen LogP contribution >= 0.6 is 0 Å². The lowest BCUT2D eigenvalue weighted by atomic mass is 10.1. The van der Waals surface area contributed by atoms with Gasteiger partial charge in [-0.3, -0.25) is 0 Å². The topological polar surface area (TPSA) is 74.2 Å². The summed E-state index contributed by atoms with van der Waals surface area (Å²) in [5.41, 5.74) is 2.91. The zero-order valence-corrected chi connectivity index (χ0v) is 19.9. The van der Waals surface area contributed by atoms with E-state index in [1.54, 1.807) is 6.08 Å². The molecule has 0 aliphatic rings. The molecule has 3 aromatic carbocycles. The summed E-state index contributed by atoms with van der Waals surface area (Å²) < 4.78 is 22.8. The van der Waals surface area contributed by atoms with E-state index in [0.717, 1.165) is 16.7 Å². The largest absolute Gasteiger partial charge is 0.466 e. The number of esters is 1. The van der Waals surface area contributed by atoms with Crippen LogP contribution in [0.1, 0.15) is 16.7 Å². The van der Waals surface area contributed by atoms with Crippen molar-refractivity contribution in [2.24, 2.45) is 0 Å². The van der Waals surface area contributed by atoms with E-state index in [9.17, 15) is 9.90 Å². The van der Waals surface area contributed by atoms with E-state index in [1.807, 2.05) is 91.0 Å². The van der Waals surface area contributed by atoms with Gasteiger partial charge in [0.25, 0.3) is 0 Å². The molecular weight excluding hydrogens is 444 g/mol. The lowest BCUT2D eigenvalue weighted by Gasteiger charge is -2.29. The summed E-state index contributed by atoms with van der Waals surface area (Å²) in [6.45, 7) is 0.931. The quantitative estimate of drug-likeness (QED) is 0.274. The van der Waals surface area contributed by atoms with Crippen LogP contribution in [-0.2, 0) is 43.6 Å². The van der Waals surface area contributed by atoms with E-state index in [1.165, 1.54) is 13.2 Å². The smallest absolute Gasteiger partial charge is 0.330 e. The first-order valence-corrected chi connectivity index (χ1v) is 11.5. The fourth-order valence-corrected chi connectivity index (χ4v) is 3.43. The van der Waals surface area contributed by atoms with Gasteiger partial charge >= 0.3 is 5.97 Å². The van der Waals surface area contributed by atoms with Crippen LogP contribution in [0.2, 0.25) is 0 Å². The molecule has 0 radical (unpaired) electrons. The second-order valence-corrected chi connectivity index (χ2v) is 7.97. The monoisotopic (exact) mass is 476 g/mol. The number of ether oxygens (including phenoxy) is 4. The Hall–Kier alpha value is -3.29. The molecule has 3 rings (SSSR count). The van der Waals surface area contributed by atoms with Gasteiger partial charge in [-0.15, -0.1) is 0 Å². The van der Waals surface area contributed by atoms with Crippen molar-refractivity contribution in [1.82, 2.24) is 0 Å². The number of hydrogen-bond acceptors (Lipinski definition) is 6. The minimum atomic E-state index is -1.01. The highest BCUT2D eigenvalue weighted by atomic mass is 16.6. The molecular formula is C29H32O6. The van der Waals surface area contributed by atoms with Crippen molar-refractivity contribution >= 4 is 5.97 Å². The number of carbonyl (C=O) groups excluding carboxylic acids is 1. The third-order valence-electron chi connectivity index (χ3n) is 5.30. The number of aliphatic hydroxyl groups is 1. The van der Waals surface area contributed by atoms with Gasteiger partial charge in [0.05, 0.1) is 33.5 Å². The Bertz CT molecular complexity index is 1010. The summed E-state index contributed by atoms with van der Waals surface area (Å²) in [7, 11) is 1.31. The maximum atomic E-state index is 11.8. The molecule has 0 spiro atoms. The zero-order valence-electron chi connectivity index (χ0n) is 19.9. The maximum Gasteiger partial charge on any atom is 0.330 e. The van der Waals surface area contributed by atoms with Crippen molar-refractivity contribution in [3.05, 3.63) is 120 Å². The van der Waals surface area contributed by atoms with Crippen LogP contribution in [-0.4, -0.2) is 43.1 Å². The third-order valence-corrected chi connectivity index (χ3v) is 5.30.